The predicted octanol–water partition coefficient (Wildman–Crippen LogP) is 0.244. The summed E-state index contributed by atoms with van der Waals surface area (Å²) in [6.45, 7) is 2.91. The van der Waals surface area contributed by atoms with Crippen molar-refractivity contribution in [3.63, 3.8) is 0 Å². The molecule has 0 bridgehead atoms. The molecule has 1 saturated heterocycles. The van der Waals surface area contributed by atoms with Crippen molar-refractivity contribution in [3.8, 4) is 0 Å². The highest BCUT2D eigenvalue weighted by Gasteiger charge is 2.28. The molecule has 1 atom stereocenters. The molecule has 0 spiro atoms. The van der Waals surface area contributed by atoms with Gasteiger partial charge >= 0.3 is 0 Å². The van der Waals surface area contributed by atoms with Crippen LogP contribution in [0.25, 0.3) is 0 Å². The Hall–Kier alpha value is -1.32. The summed E-state index contributed by atoms with van der Waals surface area (Å²) < 4.78 is 0. The van der Waals surface area contributed by atoms with E-state index in [4.69, 9.17) is 5.73 Å². The lowest BCUT2D eigenvalue weighted by molar-refractivity contribution is 0.483. The SMILES string of the molecule is CC1CCCCN1c1c(N)c(=O)c1=O. The van der Waals surface area contributed by atoms with Crippen molar-refractivity contribution in [2.24, 2.45) is 0 Å². The van der Waals surface area contributed by atoms with E-state index in [-0.39, 0.29) is 5.69 Å². The highest BCUT2D eigenvalue weighted by molar-refractivity contribution is 5.73. The molecule has 1 fully saturated rings. The molecule has 0 saturated carbocycles. The van der Waals surface area contributed by atoms with Gasteiger partial charge in [-0.05, 0) is 26.2 Å². The van der Waals surface area contributed by atoms with Crippen LogP contribution in [0.3, 0.4) is 0 Å². The molecule has 0 amide bonds. The zero-order chi connectivity index (χ0) is 10.3. The minimum absolute atomic E-state index is 0.156. The molecule has 4 heteroatoms. The van der Waals surface area contributed by atoms with Crippen molar-refractivity contribution in [3.05, 3.63) is 20.4 Å². The van der Waals surface area contributed by atoms with E-state index in [1.165, 1.54) is 6.42 Å². The van der Waals surface area contributed by atoms with Gasteiger partial charge in [-0.2, -0.15) is 0 Å². The number of piperidine rings is 1. The van der Waals surface area contributed by atoms with Crippen LogP contribution in [0.4, 0.5) is 11.4 Å². The Kier molecular flexibility index (Phi) is 2.06. The fourth-order valence-electron chi connectivity index (χ4n) is 2.11. The standard InChI is InChI=1S/C10H14N2O2/c1-6-4-2-3-5-12(6)8-7(11)9(13)10(8)14/h6H,2-5,11H2,1H3. The molecule has 1 unspecified atom stereocenters. The number of hydrogen-bond acceptors (Lipinski definition) is 4. The number of nitrogen functional groups attached to an aromatic ring is 1. The van der Waals surface area contributed by atoms with Crippen molar-refractivity contribution < 1.29 is 0 Å². The molecule has 0 aromatic heterocycles. The molecule has 1 aliphatic heterocycles. The van der Waals surface area contributed by atoms with E-state index in [9.17, 15) is 9.59 Å². The summed E-state index contributed by atoms with van der Waals surface area (Å²) in [5, 5.41) is 0. The van der Waals surface area contributed by atoms with Gasteiger partial charge in [-0.1, -0.05) is 0 Å². The topological polar surface area (TPSA) is 63.4 Å². The van der Waals surface area contributed by atoms with E-state index < -0.39 is 10.9 Å². The minimum Gasteiger partial charge on any atom is -0.394 e. The summed E-state index contributed by atoms with van der Waals surface area (Å²) in [5.74, 6) is 0. The summed E-state index contributed by atoms with van der Waals surface area (Å²) >= 11 is 0. The van der Waals surface area contributed by atoms with Gasteiger partial charge in [0.1, 0.15) is 11.4 Å². The van der Waals surface area contributed by atoms with Gasteiger partial charge in [0.15, 0.2) is 0 Å². The fourth-order valence-corrected chi connectivity index (χ4v) is 2.11. The van der Waals surface area contributed by atoms with Crippen LogP contribution in [0.1, 0.15) is 26.2 Å². The van der Waals surface area contributed by atoms with Crippen LogP contribution in [0, 0.1) is 0 Å². The molecule has 1 heterocycles. The molecule has 14 heavy (non-hydrogen) atoms. The summed E-state index contributed by atoms with van der Waals surface area (Å²) in [6, 6.07) is 0.328. The van der Waals surface area contributed by atoms with E-state index in [0.29, 0.717) is 11.7 Å². The molecule has 1 aliphatic rings. The van der Waals surface area contributed by atoms with E-state index in [2.05, 4.69) is 6.92 Å². The van der Waals surface area contributed by atoms with Gasteiger partial charge in [0, 0.05) is 12.6 Å². The number of rotatable bonds is 1. The average Bonchev–Trinajstić information content (AvgIpc) is 2.21. The van der Waals surface area contributed by atoms with Crippen LogP contribution in [0.5, 0.6) is 0 Å². The van der Waals surface area contributed by atoms with Gasteiger partial charge in [0.25, 0.3) is 10.9 Å². The summed E-state index contributed by atoms with van der Waals surface area (Å²) in [5.41, 5.74) is 5.21. The molecule has 2 N–H and O–H groups in total. The molecule has 1 aromatic rings. The number of nitrogens with zero attached hydrogens (tertiary/aromatic N) is 1. The highest BCUT2D eigenvalue weighted by atomic mass is 16.2. The van der Waals surface area contributed by atoms with E-state index >= 15 is 0 Å². The maximum atomic E-state index is 11.3. The second-order valence-corrected chi connectivity index (χ2v) is 3.96. The van der Waals surface area contributed by atoms with Gasteiger partial charge in [0.05, 0.1) is 0 Å². The monoisotopic (exact) mass is 194 g/mol. The lowest BCUT2D eigenvalue weighted by Crippen LogP contribution is -2.47. The molecule has 0 radical (unpaired) electrons. The zero-order valence-corrected chi connectivity index (χ0v) is 8.25. The molecule has 0 aliphatic carbocycles. The van der Waals surface area contributed by atoms with E-state index in [1.807, 2.05) is 4.90 Å². The quantitative estimate of drug-likeness (QED) is 0.651. The first-order chi connectivity index (χ1) is 6.63. The number of hydrogen-bond donors (Lipinski definition) is 1. The smallest absolute Gasteiger partial charge is 0.253 e. The Bertz CT molecular complexity index is 418. The van der Waals surface area contributed by atoms with Gasteiger partial charge in [0.2, 0.25) is 0 Å². The summed E-state index contributed by atoms with van der Waals surface area (Å²) in [4.78, 5) is 24.2. The number of nitrogens with two attached hydrogens (primary N) is 1. The molecular formula is C10H14N2O2. The van der Waals surface area contributed by atoms with Crippen molar-refractivity contribution in [1.29, 1.82) is 0 Å². The molecular weight excluding hydrogens is 180 g/mol. The van der Waals surface area contributed by atoms with Gasteiger partial charge in [-0.15, -0.1) is 0 Å². The van der Waals surface area contributed by atoms with Crippen LogP contribution >= 0.6 is 0 Å². The number of anilines is 2. The Morgan fingerprint density at radius 3 is 2.57 bits per heavy atom. The first kappa shape index (κ1) is 9.24. The maximum absolute atomic E-state index is 11.3. The van der Waals surface area contributed by atoms with Crippen molar-refractivity contribution in [1.82, 2.24) is 0 Å². The summed E-state index contributed by atoms with van der Waals surface area (Å²) in [6.07, 6.45) is 3.33. The van der Waals surface area contributed by atoms with Crippen LogP contribution < -0.4 is 21.5 Å². The van der Waals surface area contributed by atoms with Crippen LogP contribution in [-0.2, 0) is 0 Å². The Morgan fingerprint density at radius 2 is 2.00 bits per heavy atom. The second-order valence-electron chi connectivity index (χ2n) is 3.96. The third kappa shape index (κ3) is 1.14. The molecule has 4 nitrogen and oxygen atoms in total. The zero-order valence-electron chi connectivity index (χ0n) is 8.25. The fraction of sp³-hybridized carbons (Fsp3) is 0.600. The Morgan fingerprint density at radius 1 is 1.29 bits per heavy atom. The highest BCUT2D eigenvalue weighted by Crippen LogP contribution is 2.25. The largest absolute Gasteiger partial charge is 0.394 e. The lowest BCUT2D eigenvalue weighted by Gasteiger charge is -2.36. The normalized spacial score (nSPS) is 22.9. The van der Waals surface area contributed by atoms with Gasteiger partial charge in [-0.25, -0.2) is 0 Å². The van der Waals surface area contributed by atoms with Crippen LogP contribution in [0.2, 0.25) is 0 Å². The predicted molar refractivity (Wildman–Crippen MR) is 56.4 cm³/mol. The van der Waals surface area contributed by atoms with E-state index in [0.717, 1.165) is 19.4 Å². The van der Waals surface area contributed by atoms with Gasteiger partial charge in [-0.3, -0.25) is 9.59 Å². The minimum atomic E-state index is -0.516. The second kappa shape index (κ2) is 3.12. The lowest BCUT2D eigenvalue weighted by atomic mass is 10.0. The van der Waals surface area contributed by atoms with Crippen molar-refractivity contribution in [2.75, 3.05) is 17.2 Å². The summed E-state index contributed by atoms with van der Waals surface area (Å²) in [7, 11) is 0. The maximum Gasteiger partial charge on any atom is 0.253 e. The average molecular weight is 194 g/mol. The van der Waals surface area contributed by atoms with Crippen molar-refractivity contribution in [2.45, 2.75) is 32.2 Å². The van der Waals surface area contributed by atoms with Gasteiger partial charge < -0.3 is 10.6 Å². The first-order valence-corrected chi connectivity index (χ1v) is 4.98. The van der Waals surface area contributed by atoms with Crippen LogP contribution in [0.15, 0.2) is 9.59 Å². The molecule has 2 rings (SSSR count). The van der Waals surface area contributed by atoms with Crippen molar-refractivity contribution >= 4 is 11.4 Å². The van der Waals surface area contributed by atoms with Crippen LogP contribution in [-0.4, -0.2) is 12.6 Å². The molecule has 1 aromatic carbocycles. The van der Waals surface area contributed by atoms with E-state index in [1.54, 1.807) is 0 Å². The third-order valence-electron chi connectivity index (χ3n) is 3.01. The Labute approximate surface area is 82.0 Å². The molecule has 76 valence electrons. The third-order valence-corrected chi connectivity index (χ3v) is 3.01. The Balaban J connectivity index is 2.31. The first-order valence-electron chi connectivity index (χ1n) is 4.98.